The number of ether oxygens (including phenoxy) is 1. The van der Waals surface area contributed by atoms with Crippen LogP contribution >= 0.6 is 0 Å². The molecular weight excluding hydrogens is 300 g/mol. The highest BCUT2D eigenvalue weighted by atomic mass is 16.5. The zero-order valence-corrected chi connectivity index (χ0v) is 15.0. The first kappa shape index (κ1) is 16.8. The van der Waals surface area contributed by atoms with E-state index in [1.54, 1.807) is 0 Å². The van der Waals surface area contributed by atoms with Crippen molar-refractivity contribution in [3.05, 3.63) is 0 Å². The van der Waals surface area contributed by atoms with E-state index in [-0.39, 0.29) is 5.54 Å². The largest absolute Gasteiger partial charge is 0.381 e. The minimum Gasteiger partial charge on any atom is -0.381 e. The molecule has 0 aromatic heterocycles. The van der Waals surface area contributed by atoms with Crippen molar-refractivity contribution in [1.29, 1.82) is 5.26 Å². The van der Waals surface area contributed by atoms with Gasteiger partial charge in [-0.1, -0.05) is 6.92 Å². The van der Waals surface area contributed by atoms with Gasteiger partial charge in [0.15, 0.2) is 0 Å². The van der Waals surface area contributed by atoms with Crippen LogP contribution in [0.1, 0.15) is 45.4 Å². The molecule has 0 spiro atoms. The molecule has 2 atom stereocenters. The van der Waals surface area contributed by atoms with E-state index in [0.29, 0.717) is 18.5 Å². The Balaban J connectivity index is 1.29. The lowest BCUT2D eigenvalue weighted by atomic mass is 9.81. The molecule has 5 heteroatoms. The molecule has 4 fully saturated rings. The second-order valence-electron chi connectivity index (χ2n) is 8.56. The standard InChI is InChI=1S/C19H32N4O/c1-15-12-18(15)21-16-2-8-23(9-3-16)19(6-7-20)13-22(14-19)17-4-10-24-11-5-17/h15-18,21H,2-6,8-14H2,1H3/t15-,18-/m1/s1. The van der Waals surface area contributed by atoms with Crippen LogP contribution in [0.4, 0.5) is 0 Å². The van der Waals surface area contributed by atoms with Gasteiger partial charge in [-0.05, 0) is 38.0 Å². The van der Waals surface area contributed by atoms with Crippen LogP contribution in [0, 0.1) is 17.2 Å². The van der Waals surface area contributed by atoms with Gasteiger partial charge in [0.2, 0.25) is 0 Å². The van der Waals surface area contributed by atoms with Crippen molar-refractivity contribution in [2.75, 3.05) is 39.4 Å². The summed E-state index contributed by atoms with van der Waals surface area (Å²) in [5, 5.41) is 13.2. The Labute approximate surface area is 146 Å². The Morgan fingerprint density at radius 1 is 1.17 bits per heavy atom. The maximum absolute atomic E-state index is 9.37. The lowest BCUT2D eigenvalue weighted by Crippen LogP contribution is -2.73. The molecule has 24 heavy (non-hydrogen) atoms. The van der Waals surface area contributed by atoms with Crippen molar-refractivity contribution < 1.29 is 4.74 Å². The Kier molecular flexibility index (Phi) is 4.83. The van der Waals surface area contributed by atoms with E-state index in [0.717, 1.165) is 64.2 Å². The molecule has 0 aromatic carbocycles. The normalized spacial score (nSPS) is 35.3. The highest BCUT2D eigenvalue weighted by Gasteiger charge is 2.50. The van der Waals surface area contributed by atoms with Gasteiger partial charge in [-0.3, -0.25) is 9.80 Å². The maximum atomic E-state index is 9.37. The van der Waals surface area contributed by atoms with Crippen LogP contribution in [0.25, 0.3) is 0 Å². The fourth-order valence-electron chi connectivity index (χ4n) is 4.97. The predicted molar refractivity (Wildman–Crippen MR) is 93.7 cm³/mol. The summed E-state index contributed by atoms with van der Waals surface area (Å²) in [6, 6.07) is 4.64. The summed E-state index contributed by atoms with van der Waals surface area (Å²) in [6.45, 7) is 8.64. The molecule has 1 saturated carbocycles. The molecule has 4 aliphatic rings. The minimum absolute atomic E-state index is 0.130. The number of likely N-dealkylation sites (tertiary alicyclic amines) is 2. The number of rotatable bonds is 5. The highest BCUT2D eigenvalue weighted by Crippen LogP contribution is 2.37. The van der Waals surface area contributed by atoms with Crippen molar-refractivity contribution >= 4 is 0 Å². The van der Waals surface area contributed by atoms with E-state index in [9.17, 15) is 5.26 Å². The molecule has 3 aliphatic heterocycles. The third-order valence-corrected chi connectivity index (χ3v) is 6.84. The van der Waals surface area contributed by atoms with Crippen LogP contribution in [0.5, 0.6) is 0 Å². The van der Waals surface area contributed by atoms with Crippen molar-refractivity contribution in [1.82, 2.24) is 15.1 Å². The Morgan fingerprint density at radius 2 is 1.83 bits per heavy atom. The average Bonchev–Trinajstić information content (AvgIpc) is 3.27. The van der Waals surface area contributed by atoms with Crippen molar-refractivity contribution in [2.24, 2.45) is 5.92 Å². The van der Waals surface area contributed by atoms with Crippen LogP contribution in [-0.4, -0.2) is 72.9 Å². The van der Waals surface area contributed by atoms with Crippen LogP contribution in [-0.2, 0) is 4.74 Å². The molecule has 5 nitrogen and oxygen atoms in total. The summed E-state index contributed by atoms with van der Waals surface area (Å²) in [5.74, 6) is 0.882. The van der Waals surface area contributed by atoms with Gasteiger partial charge in [0.25, 0.3) is 0 Å². The van der Waals surface area contributed by atoms with Gasteiger partial charge in [0, 0.05) is 57.5 Å². The van der Waals surface area contributed by atoms with Gasteiger partial charge in [-0.2, -0.15) is 5.26 Å². The summed E-state index contributed by atoms with van der Waals surface area (Å²) >= 11 is 0. The van der Waals surface area contributed by atoms with Gasteiger partial charge in [-0.15, -0.1) is 0 Å². The van der Waals surface area contributed by atoms with Crippen LogP contribution in [0.15, 0.2) is 0 Å². The van der Waals surface area contributed by atoms with E-state index < -0.39 is 0 Å². The first-order valence-corrected chi connectivity index (χ1v) is 9.90. The Morgan fingerprint density at radius 3 is 2.42 bits per heavy atom. The fraction of sp³-hybridized carbons (Fsp3) is 0.947. The number of hydrogen-bond donors (Lipinski definition) is 1. The van der Waals surface area contributed by atoms with E-state index in [4.69, 9.17) is 4.74 Å². The summed E-state index contributed by atoms with van der Waals surface area (Å²) in [6.07, 6.45) is 6.85. The maximum Gasteiger partial charge on any atom is 0.0642 e. The molecule has 0 radical (unpaired) electrons. The molecule has 3 heterocycles. The van der Waals surface area contributed by atoms with E-state index in [2.05, 4.69) is 28.1 Å². The third-order valence-electron chi connectivity index (χ3n) is 6.84. The summed E-state index contributed by atoms with van der Waals surface area (Å²) in [5.41, 5.74) is 0.130. The number of piperidine rings is 1. The van der Waals surface area contributed by atoms with E-state index in [1.165, 1.54) is 19.3 Å². The van der Waals surface area contributed by atoms with Gasteiger partial charge in [0.05, 0.1) is 18.0 Å². The Hall–Kier alpha value is -0.670. The molecule has 1 aliphatic carbocycles. The molecule has 4 rings (SSSR count). The van der Waals surface area contributed by atoms with Crippen molar-refractivity contribution in [3.63, 3.8) is 0 Å². The summed E-state index contributed by atoms with van der Waals surface area (Å²) < 4.78 is 5.49. The van der Waals surface area contributed by atoms with E-state index in [1.807, 2.05) is 0 Å². The highest BCUT2D eigenvalue weighted by molar-refractivity contribution is 5.11. The van der Waals surface area contributed by atoms with Crippen LogP contribution < -0.4 is 5.32 Å². The van der Waals surface area contributed by atoms with Crippen LogP contribution in [0.2, 0.25) is 0 Å². The number of nitrogens with zero attached hydrogens (tertiary/aromatic N) is 3. The summed E-state index contributed by atoms with van der Waals surface area (Å²) in [7, 11) is 0. The molecule has 3 saturated heterocycles. The molecule has 0 amide bonds. The van der Waals surface area contributed by atoms with Gasteiger partial charge >= 0.3 is 0 Å². The fourth-order valence-corrected chi connectivity index (χ4v) is 4.97. The molecule has 134 valence electrons. The van der Waals surface area contributed by atoms with Crippen molar-refractivity contribution in [2.45, 2.75) is 69.1 Å². The minimum atomic E-state index is 0.130. The predicted octanol–water partition coefficient (Wildman–Crippen LogP) is 1.60. The van der Waals surface area contributed by atoms with Gasteiger partial charge in [0.1, 0.15) is 0 Å². The second kappa shape index (κ2) is 6.92. The molecular formula is C19H32N4O. The quantitative estimate of drug-likeness (QED) is 0.829. The molecule has 1 N–H and O–H groups in total. The lowest BCUT2D eigenvalue weighted by molar-refractivity contribution is -0.0992. The average molecular weight is 332 g/mol. The first-order valence-electron chi connectivity index (χ1n) is 9.90. The van der Waals surface area contributed by atoms with Gasteiger partial charge < -0.3 is 10.1 Å². The second-order valence-corrected chi connectivity index (χ2v) is 8.56. The zero-order valence-electron chi connectivity index (χ0n) is 15.0. The van der Waals surface area contributed by atoms with Gasteiger partial charge in [-0.25, -0.2) is 0 Å². The topological polar surface area (TPSA) is 51.5 Å². The number of nitriles is 1. The monoisotopic (exact) mass is 332 g/mol. The molecule has 0 unspecified atom stereocenters. The lowest BCUT2D eigenvalue weighted by Gasteiger charge is -2.59. The van der Waals surface area contributed by atoms with E-state index >= 15 is 0 Å². The third kappa shape index (κ3) is 3.35. The van der Waals surface area contributed by atoms with Crippen molar-refractivity contribution in [3.8, 4) is 6.07 Å². The first-order chi connectivity index (χ1) is 11.7. The number of hydrogen-bond acceptors (Lipinski definition) is 5. The zero-order chi connectivity index (χ0) is 16.6. The molecule has 0 aromatic rings. The number of nitrogens with one attached hydrogen (secondary N) is 1. The Bertz CT molecular complexity index is 470. The summed E-state index contributed by atoms with van der Waals surface area (Å²) in [4.78, 5) is 5.25. The SMILES string of the molecule is C[C@@H]1C[C@H]1NC1CCN(C2(CC#N)CN(C3CCOCC3)C2)CC1. The van der Waals surface area contributed by atoms with Crippen LogP contribution in [0.3, 0.4) is 0 Å². The smallest absolute Gasteiger partial charge is 0.0642 e. The molecule has 0 bridgehead atoms.